The summed E-state index contributed by atoms with van der Waals surface area (Å²) in [7, 11) is 0. The van der Waals surface area contributed by atoms with Gasteiger partial charge in [-0.2, -0.15) is 0 Å². The Morgan fingerprint density at radius 1 is 0.274 bits per heavy atom. The van der Waals surface area contributed by atoms with Gasteiger partial charge in [-0.05, 0) is 150 Å². The van der Waals surface area contributed by atoms with Gasteiger partial charge in [0.25, 0.3) is 0 Å². The average molecular weight is 927 g/mol. The van der Waals surface area contributed by atoms with Gasteiger partial charge in [-0.25, -0.2) is 0 Å². The molecule has 15 rings (SSSR count). The normalized spacial score (nSPS) is 12.8. The Bertz CT molecular complexity index is 4240. The van der Waals surface area contributed by atoms with E-state index < -0.39 is 5.41 Å². The highest BCUT2D eigenvalue weighted by Crippen LogP contribution is 2.63. The highest BCUT2D eigenvalue weighted by molar-refractivity contribution is 6.10. The van der Waals surface area contributed by atoms with Gasteiger partial charge in [0, 0.05) is 33.2 Å². The summed E-state index contributed by atoms with van der Waals surface area (Å²) in [5.74, 6) is 0. The molecule has 0 atom stereocenters. The number of para-hydroxylation sites is 1. The molecule has 0 fully saturated rings. The zero-order valence-electron chi connectivity index (χ0n) is 40.0. The van der Waals surface area contributed by atoms with Crippen LogP contribution in [0.4, 0.5) is 17.1 Å². The molecule has 1 spiro atoms. The van der Waals surface area contributed by atoms with Crippen LogP contribution in [0.25, 0.3) is 93.9 Å². The van der Waals surface area contributed by atoms with E-state index in [1.54, 1.807) is 0 Å². The van der Waals surface area contributed by atoms with Gasteiger partial charge >= 0.3 is 0 Å². The summed E-state index contributed by atoms with van der Waals surface area (Å²) in [4.78, 5) is 2.47. The molecule has 0 bridgehead atoms. The SMILES string of the molecule is c1ccc(-c2ccc(-n3c4ccccc4c4cc(-c5cccc(-c6ccc(N(c7ccc8c(c7)C7(c9ccccc9-c9ccccc97)c7ccccc7-8)c7cccc8ccccc78)cc6)c5)ccc43)cc2)cc1. The lowest BCUT2D eigenvalue weighted by atomic mass is 9.70. The fourth-order valence-corrected chi connectivity index (χ4v) is 12.6. The van der Waals surface area contributed by atoms with Crippen LogP contribution < -0.4 is 4.90 Å². The largest absolute Gasteiger partial charge is 0.310 e. The third kappa shape index (κ3) is 6.24. The highest BCUT2D eigenvalue weighted by Gasteiger charge is 2.51. The summed E-state index contributed by atoms with van der Waals surface area (Å²) >= 11 is 0. The molecule has 1 heterocycles. The third-order valence-electron chi connectivity index (χ3n) is 15.8. The van der Waals surface area contributed by atoms with E-state index in [4.69, 9.17) is 0 Å². The Kier molecular flexibility index (Phi) is 9.21. The Labute approximate surface area is 425 Å². The van der Waals surface area contributed by atoms with E-state index in [9.17, 15) is 0 Å². The van der Waals surface area contributed by atoms with Crippen LogP contribution in [0.1, 0.15) is 22.3 Å². The lowest BCUT2D eigenvalue weighted by Gasteiger charge is -2.32. The van der Waals surface area contributed by atoms with E-state index in [-0.39, 0.29) is 0 Å². The van der Waals surface area contributed by atoms with Crippen LogP contribution in [0, 0.1) is 0 Å². The molecule has 0 saturated carbocycles. The molecular formula is C71H46N2. The number of rotatable bonds is 7. The van der Waals surface area contributed by atoms with E-state index >= 15 is 0 Å². The maximum atomic E-state index is 2.49. The third-order valence-corrected chi connectivity index (χ3v) is 15.8. The molecule has 2 aliphatic rings. The quantitative estimate of drug-likeness (QED) is 0.155. The van der Waals surface area contributed by atoms with Gasteiger partial charge in [-0.15, -0.1) is 0 Å². The van der Waals surface area contributed by atoms with Crippen LogP contribution in [0.5, 0.6) is 0 Å². The minimum atomic E-state index is -0.439. The van der Waals surface area contributed by atoms with Crippen LogP contribution in [0.2, 0.25) is 0 Å². The topological polar surface area (TPSA) is 8.17 Å². The summed E-state index contributed by atoms with van der Waals surface area (Å²) < 4.78 is 2.40. The first kappa shape index (κ1) is 41.3. The average Bonchev–Trinajstić information content (AvgIpc) is 4.11. The molecule has 0 amide bonds. The molecule has 73 heavy (non-hydrogen) atoms. The van der Waals surface area contributed by atoms with Crippen molar-refractivity contribution in [3.8, 4) is 61.3 Å². The zero-order valence-corrected chi connectivity index (χ0v) is 40.0. The number of hydrogen-bond donors (Lipinski definition) is 0. The molecule has 2 heteroatoms. The van der Waals surface area contributed by atoms with Crippen molar-refractivity contribution >= 4 is 49.6 Å². The van der Waals surface area contributed by atoms with Crippen LogP contribution in [0.15, 0.2) is 279 Å². The number of anilines is 3. The van der Waals surface area contributed by atoms with E-state index in [0.717, 1.165) is 22.7 Å². The van der Waals surface area contributed by atoms with Crippen molar-refractivity contribution in [3.63, 3.8) is 0 Å². The molecule has 0 radical (unpaired) electrons. The molecule has 12 aromatic carbocycles. The summed E-state index contributed by atoms with van der Waals surface area (Å²) in [6, 6.07) is 103. The maximum absolute atomic E-state index is 2.49. The highest BCUT2D eigenvalue weighted by atomic mass is 15.1. The summed E-state index contributed by atoms with van der Waals surface area (Å²) in [6.07, 6.45) is 0. The van der Waals surface area contributed by atoms with Crippen molar-refractivity contribution in [2.24, 2.45) is 0 Å². The predicted octanol–water partition coefficient (Wildman–Crippen LogP) is 18.8. The van der Waals surface area contributed by atoms with Crippen molar-refractivity contribution in [2.45, 2.75) is 5.41 Å². The Morgan fingerprint density at radius 2 is 0.753 bits per heavy atom. The van der Waals surface area contributed by atoms with E-state index in [0.29, 0.717) is 0 Å². The molecule has 2 aliphatic carbocycles. The van der Waals surface area contributed by atoms with Gasteiger partial charge in [0.2, 0.25) is 0 Å². The Morgan fingerprint density at radius 3 is 1.48 bits per heavy atom. The number of aromatic nitrogens is 1. The standard InChI is InChI=1S/C71H46N2/c1-2-16-47(17-3-1)48-32-39-55(40-33-48)73-69-30-13-9-26-62(69)63-45-53(36-43-70(63)73)52-21-14-20-51(44-52)49-34-37-54(38-35-49)72(68-31-15-19-50-18-4-5-22-57(50)68)56-41-42-61-60-25-8-12-29-66(60)71(67(61)46-56)64-27-10-6-23-58(64)59-24-7-11-28-65(59)71/h1-46H. The molecular weight excluding hydrogens is 881 g/mol. The van der Waals surface area contributed by atoms with Crippen LogP contribution in [-0.2, 0) is 5.41 Å². The summed E-state index contributed by atoms with van der Waals surface area (Å²) in [6.45, 7) is 0. The fraction of sp³-hybridized carbons (Fsp3) is 0.0141. The fourth-order valence-electron chi connectivity index (χ4n) is 12.6. The molecule has 0 aliphatic heterocycles. The zero-order chi connectivity index (χ0) is 48.0. The molecule has 0 unspecified atom stereocenters. The number of nitrogens with zero attached hydrogens (tertiary/aromatic N) is 2. The number of fused-ring (bicyclic) bond motifs is 14. The first-order valence-electron chi connectivity index (χ1n) is 25.3. The smallest absolute Gasteiger partial charge is 0.0726 e. The Balaban J connectivity index is 0.826. The van der Waals surface area contributed by atoms with Crippen molar-refractivity contribution in [1.29, 1.82) is 0 Å². The van der Waals surface area contributed by atoms with E-state index in [2.05, 4.69) is 289 Å². The van der Waals surface area contributed by atoms with Gasteiger partial charge in [-0.3, -0.25) is 0 Å². The number of hydrogen-bond acceptors (Lipinski definition) is 1. The monoisotopic (exact) mass is 926 g/mol. The number of benzene rings is 12. The molecule has 2 nitrogen and oxygen atoms in total. The van der Waals surface area contributed by atoms with Crippen LogP contribution >= 0.6 is 0 Å². The Hall–Kier alpha value is -9.50. The second-order valence-electron chi connectivity index (χ2n) is 19.6. The molecule has 0 saturated heterocycles. The molecule has 13 aromatic rings. The predicted molar refractivity (Wildman–Crippen MR) is 306 cm³/mol. The van der Waals surface area contributed by atoms with Crippen LogP contribution in [0.3, 0.4) is 0 Å². The van der Waals surface area contributed by atoms with Gasteiger partial charge in [0.1, 0.15) is 0 Å². The first-order chi connectivity index (χ1) is 36.2. The van der Waals surface area contributed by atoms with Gasteiger partial charge in [-0.1, -0.05) is 212 Å². The minimum Gasteiger partial charge on any atom is -0.310 e. The maximum Gasteiger partial charge on any atom is 0.0726 e. The minimum absolute atomic E-state index is 0.439. The van der Waals surface area contributed by atoms with E-state index in [1.165, 1.54) is 110 Å². The lowest BCUT2D eigenvalue weighted by molar-refractivity contribution is 0.793. The van der Waals surface area contributed by atoms with Gasteiger partial charge in [0.05, 0.1) is 22.1 Å². The first-order valence-corrected chi connectivity index (χ1v) is 25.3. The molecule has 0 N–H and O–H groups in total. The van der Waals surface area contributed by atoms with E-state index in [1.807, 2.05) is 0 Å². The van der Waals surface area contributed by atoms with Crippen molar-refractivity contribution < 1.29 is 0 Å². The van der Waals surface area contributed by atoms with Crippen LogP contribution in [-0.4, -0.2) is 4.57 Å². The second kappa shape index (κ2) is 16.3. The summed E-state index contributed by atoms with van der Waals surface area (Å²) in [5, 5.41) is 4.90. The van der Waals surface area contributed by atoms with Gasteiger partial charge in [0.15, 0.2) is 0 Å². The molecule has 1 aromatic heterocycles. The van der Waals surface area contributed by atoms with Crippen molar-refractivity contribution in [1.82, 2.24) is 4.57 Å². The summed E-state index contributed by atoms with van der Waals surface area (Å²) in [5.41, 5.74) is 24.2. The van der Waals surface area contributed by atoms with Crippen molar-refractivity contribution in [2.75, 3.05) is 4.90 Å². The van der Waals surface area contributed by atoms with Gasteiger partial charge < -0.3 is 9.47 Å². The lowest BCUT2D eigenvalue weighted by Crippen LogP contribution is -2.26. The molecule has 340 valence electrons. The van der Waals surface area contributed by atoms with Crippen molar-refractivity contribution in [3.05, 3.63) is 301 Å². The second-order valence-corrected chi connectivity index (χ2v) is 19.6.